The predicted molar refractivity (Wildman–Crippen MR) is 64.1 cm³/mol. The molecule has 4 nitrogen and oxygen atoms in total. The number of H-pyrrole nitrogens is 1. The molecule has 0 fully saturated rings. The Hall–Kier alpha value is -2.23. The molecular formula is C12H13N3O. The summed E-state index contributed by atoms with van der Waals surface area (Å²) in [5.74, 6) is 1.30. The number of aromatic nitrogens is 2. The van der Waals surface area contributed by atoms with Gasteiger partial charge < -0.3 is 10.5 Å². The number of nitrogen functional groups attached to an aromatic ring is 1. The van der Waals surface area contributed by atoms with E-state index in [2.05, 4.69) is 16.8 Å². The van der Waals surface area contributed by atoms with Crippen molar-refractivity contribution in [3.63, 3.8) is 0 Å². The van der Waals surface area contributed by atoms with Gasteiger partial charge in [-0.25, -0.2) is 0 Å². The van der Waals surface area contributed by atoms with Crippen LogP contribution in [-0.4, -0.2) is 16.8 Å². The molecule has 0 amide bonds. The molecule has 1 aromatic carbocycles. The van der Waals surface area contributed by atoms with E-state index in [0.29, 0.717) is 12.4 Å². The summed E-state index contributed by atoms with van der Waals surface area (Å²) in [4.78, 5) is 0. The highest BCUT2D eigenvalue weighted by Crippen LogP contribution is 2.21. The van der Waals surface area contributed by atoms with Gasteiger partial charge in [-0.1, -0.05) is 12.7 Å². The van der Waals surface area contributed by atoms with Crippen LogP contribution in [0, 0.1) is 0 Å². The minimum Gasteiger partial charge on any atom is -0.490 e. The van der Waals surface area contributed by atoms with Gasteiger partial charge in [-0.3, -0.25) is 5.10 Å². The fourth-order valence-corrected chi connectivity index (χ4v) is 1.37. The number of nitrogens with one attached hydrogen (secondary N) is 1. The van der Waals surface area contributed by atoms with Crippen molar-refractivity contribution >= 4 is 5.82 Å². The SMILES string of the molecule is C=CCOc1ccc(-c2cc(N)n[nH]2)cc1. The van der Waals surface area contributed by atoms with E-state index in [-0.39, 0.29) is 0 Å². The number of ether oxygens (including phenoxy) is 1. The van der Waals surface area contributed by atoms with E-state index in [1.165, 1.54) is 0 Å². The van der Waals surface area contributed by atoms with E-state index >= 15 is 0 Å². The Morgan fingerprint density at radius 3 is 2.69 bits per heavy atom. The highest BCUT2D eigenvalue weighted by atomic mass is 16.5. The summed E-state index contributed by atoms with van der Waals surface area (Å²) in [6.07, 6.45) is 1.71. The lowest BCUT2D eigenvalue weighted by Crippen LogP contribution is -1.92. The number of aromatic amines is 1. The number of anilines is 1. The maximum absolute atomic E-state index is 5.53. The van der Waals surface area contributed by atoms with E-state index in [1.807, 2.05) is 24.3 Å². The summed E-state index contributed by atoms with van der Waals surface area (Å²) < 4.78 is 5.38. The van der Waals surface area contributed by atoms with Gasteiger partial charge in [0.15, 0.2) is 0 Å². The van der Waals surface area contributed by atoms with Crippen molar-refractivity contribution in [1.29, 1.82) is 0 Å². The van der Waals surface area contributed by atoms with Crippen LogP contribution in [0.15, 0.2) is 43.0 Å². The second-order valence-corrected chi connectivity index (χ2v) is 3.33. The number of rotatable bonds is 4. The zero-order valence-electron chi connectivity index (χ0n) is 8.81. The molecule has 0 aliphatic rings. The minimum absolute atomic E-state index is 0.488. The van der Waals surface area contributed by atoms with Crippen LogP contribution in [0.2, 0.25) is 0 Å². The first kappa shape index (κ1) is 10.3. The molecule has 0 bridgehead atoms. The Bertz CT molecular complexity index is 473. The van der Waals surface area contributed by atoms with Gasteiger partial charge in [-0.05, 0) is 29.8 Å². The van der Waals surface area contributed by atoms with Gasteiger partial charge in [0.2, 0.25) is 0 Å². The zero-order valence-corrected chi connectivity index (χ0v) is 8.81. The summed E-state index contributed by atoms with van der Waals surface area (Å²) >= 11 is 0. The number of nitrogens with zero attached hydrogens (tertiary/aromatic N) is 1. The summed E-state index contributed by atoms with van der Waals surface area (Å²) in [7, 11) is 0. The minimum atomic E-state index is 0.488. The van der Waals surface area contributed by atoms with Gasteiger partial charge in [-0.2, -0.15) is 5.10 Å². The van der Waals surface area contributed by atoms with Crippen molar-refractivity contribution in [1.82, 2.24) is 10.2 Å². The third-order valence-corrected chi connectivity index (χ3v) is 2.13. The molecule has 1 heterocycles. The molecular weight excluding hydrogens is 202 g/mol. The lowest BCUT2D eigenvalue weighted by molar-refractivity contribution is 0.363. The van der Waals surface area contributed by atoms with Gasteiger partial charge in [0.25, 0.3) is 0 Å². The second-order valence-electron chi connectivity index (χ2n) is 3.33. The Balaban J connectivity index is 2.15. The Labute approximate surface area is 93.7 Å². The van der Waals surface area contributed by atoms with Crippen molar-refractivity contribution in [2.75, 3.05) is 12.3 Å². The number of benzene rings is 1. The predicted octanol–water partition coefficient (Wildman–Crippen LogP) is 2.22. The van der Waals surface area contributed by atoms with Crippen LogP contribution in [-0.2, 0) is 0 Å². The monoisotopic (exact) mass is 215 g/mol. The van der Waals surface area contributed by atoms with Crippen molar-refractivity contribution in [2.45, 2.75) is 0 Å². The molecule has 16 heavy (non-hydrogen) atoms. The molecule has 2 rings (SSSR count). The van der Waals surface area contributed by atoms with Crippen LogP contribution in [0.25, 0.3) is 11.3 Å². The summed E-state index contributed by atoms with van der Waals surface area (Å²) in [5.41, 5.74) is 7.45. The molecule has 0 aliphatic heterocycles. The van der Waals surface area contributed by atoms with E-state index < -0.39 is 0 Å². The van der Waals surface area contributed by atoms with Gasteiger partial charge in [0.05, 0.1) is 5.69 Å². The Morgan fingerprint density at radius 2 is 2.12 bits per heavy atom. The molecule has 2 aromatic rings. The topological polar surface area (TPSA) is 63.9 Å². The molecule has 0 spiro atoms. The average Bonchev–Trinajstić information content (AvgIpc) is 2.74. The molecule has 0 aliphatic carbocycles. The van der Waals surface area contributed by atoms with Crippen molar-refractivity contribution < 1.29 is 4.74 Å². The lowest BCUT2D eigenvalue weighted by atomic mass is 10.1. The van der Waals surface area contributed by atoms with E-state index in [1.54, 1.807) is 12.1 Å². The van der Waals surface area contributed by atoms with Gasteiger partial charge in [-0.15, -0.1) is 0 Å². The van der Waals surface area contributed by atoms with Gasteiger partial charge >= 0.3 is 0 Å². The van der Waals surface area contributed by atoms with Crippen LogP contribution in [0.1, 0.15) is 0 Å². The first-order valence-corrected chi connectivity index (χ1v) is 4.94. The number of hydrogen-bond acceptors (Lipinski definition) is 3. The maximum atomic E-state index is 5.53. The molecule has 4 heteroatoms. The third-order valence-electron chi connectivity index (χ3n) is 2.13. The molecule has 0 saturated carbocycles. The van der Waals surface area contributed by atoms with Crippen molar-refractivity contribution in [2.24, 2.45) is 0 Å². The van der Waals surface area contributed by atoms with Crippen LogP contribution in [0.5, 0.6) is 5.75 Å². The molecule has 0 radical (unpaired) electrons. The maximum Gasteiger partial charge on any atom is 0.145 e. The quantitative estimate of drug-likeness (QED) is 0.768. The van der Waals surface area contributed by atoms with Crippen LogP contribution < -0.4 is 10.5 Å². The highest BCUT2D eigenvalue weighted by Gasteiger charge is 2.01. The highest BCUT2D eigenvalue weighted by molar-refractivity contribution is 5.62. The third kappa shape index (κ3) is 2.23. The fourth-order valence-electron chi connectivity index (χ4n) is 1.37. The molecule has 1 aromatic heterocycles. The van der Waals surface area contributed by atoms with Gasteiger partial charge in [0, 0.05) is 6.07 Å². The molecule has 0 unspecified atom stereocenters. The smallest absolute Gasteiger partial charge is 0.145 e. The van der Waals surface area contributed by atoms with Crippen LogP contribution in [0.4, 0.5) is 5.82 Å². The number of nitrogens with two attached hydrogens (primary N) is 1. The van der Waals surface area contributed by atoms with E-state index in [9.17, 15) is 0 Å². The van der Waals surface area contributed by atoms with Crippen molar-refractivity contribution in [3.05, 3.63) is 43.0 Å². The van der Waals surface area contributed by atoms with Gasteiger partial charge in [0.1, 0.15) is 18.2 Å². The Kier molecular flexibility index (Phi) is 2.91. The lowest BCUT2D eigenvalue weighted by Gasteiger charge is -2.03. The molecule has 0 saturated heterocycles. The number of hydrogen-bond donors (Lipinski definition) is 2. The van der Waals surface area contributed by atoms with Crippen LogP contribution >= 0.6 is 0 Å². The standard InChI is InChI=1S/C12H13N3O/c1-2-7-16-10-5-3-9(4-6-10)11-8-12(13)15-14-11/h2-6,8H,1,7H2,(H3,13,14,15). The normalized spacial score (nSPS) is 10.0. The first-order chi connectivity index (χ1) is 7.79. The second kappa shape index (κ2) is 4.53. The molecule has 82 valence electrons. The zero-order chi connectivity index (χ0) is 11.4. The molecule has 3 N–H and O–H groups in total. The average molecular weight is 215 g/mol. The van der Waals surface area contributed by atoms with E-state index in [0.717, 1.165) is 17.0 Å². The first-order valence-electron chi connectivity index (χ1n) is 4.94. The molecule has 0 atom stereocenters. The Morgan fingerprint density at radius 1 is 1.38 bits per heavy atom. The van der Waals surface area contributed by atoms with Crippen LogP contribution in [0.3, 0.4) is 0 Å². The van der Waals surface area contributed by atoms with Crippen molar-refractivity contribution in [3.8, 4) is 17.0 Å². The van der Waals surface area contributed by atoms with E-state index in [4.69, 9.17) is 10.5 Å². The fraction of sp³-hybridized carbons (Fsp3) is 0.0833. The summed E-state index contributed by atoms with van der Waals surface area (Å²) in [6.45, 7) is 4.10. The summed E-state index contributed by atoms with van der Waals surface area (Å²) in [6, 6.07) is 9.49. The largest absolute Gasteiger partial charge is 0.490 e. The summed E-state index contributed by atoms with van der Waals surface area (Å²) in [5, 5.41) is 6.73.